The third kappa shape index (κ3) is 4.31. The van der Waals surface area contributed by atoms with Gasteiger partial charge in [0.15, 0.2) is 0 Å². The second-order valence-electron chi connectivity index (χ2n) is 9.88. The monoisotopic (exact) mass is 488 g/mol. The molecule has 2 fully saturated rings. The van der Waals surface area contributed by atoms with Crippen molar-refractivity contribution in [3.8, 4) is 0 Å². The second kappa shape index (κ2) is 9.87. The number of likely N-dealkylation sites (tertiary alicyclic amines) is 1. The van der Waals surface area contributed by atoms with Crippen molar-refractivity contribution in [2.75, 3.05) is 39.4 Å². The molecule has 0 aliphatic carbocycles. The van der Waals surface area contributed by atoms with E-state index in [0.717, 1.165) is 24.2 Å². The highest BCUT2D eigenvalue weighted by Gasteiger charge is 2.44. The van der Waals surface area contributed by atoms with Gasteiger partial charge in [0.25, 0.3) is 5.91 Å². The van der Waals surface area contributed by atoms with E-state index in [1.807, 2.05) is 42.5 Å². The number of hydrogen-bond acceptors (Lipinski definition) is 5. The zero-order valence-electron chi connectivity index (χ0n) is 21.0. The minimum absolute atomic E-state index is 0.00280. The lowest BCUT2D eigenvalue weighted by Crippen LogP contribution is -3.14. The number of morpholine rings is 1. The van der Waals surface area contributed by atoms with E-state index in [1.165, 1.54) is 4.90 Å². The smallest absolute Gasteiger partial charge is 0.295 e. The van der Waals surface area contributed by atoms with Gasteiger partial charge < -0.3 is 24.0 Å². The quantitative estimate of drug-likeness (QED) is 0.316. The number of imidazole rings is 1. The summed E-state index contributed by atoms with van der Waals surface area (Å²) in [5, 5.41) is 14.0. The fourth-order valence-electron chi connectivity index (χ4n) is 5.21. The molecule has 1 unspecified atom stereocenters. The normalized spacial score (nSPS) is 20.7. The molecule has 0 saturated carbocycles. The highest BCUT2D eigenvalue weighted by atomic mass is 16.5. The number of pyridine rings is 1. The summed E-state index contributed by atoms with van der Waals surface area (Å²) in [5.41, 5.74) is 3.41. The summed E-state index contributed by atoms with van der Waals surface area (Å²) < 4.78 is 7.15. The molecule has 188 valence electrons. The number of ketones is 1. The molecule has 0 radical (unpaired) electrons. The van der Waals surface area contributed by atoms with Crippen LogP contribution in [0.4, 0.5) is 0 Å². The lowest BCUT2D eigenvalue weighted by atomic mass is 9.94. The van der Waals surface area contributed by atoms with Crippen molar-refractivity contribution in [1.82, 2.24) is 14.3 Å². The first kappa shape index (κ1) is 24.2. The van der Waals surface area contributed by atoms with Crippen LogP contribution in [0.25, 0.3) is 11.4 Å². The van der Waals surface area contributed by atoms with Gasteiger partial charge in [-0.3, -0.25) is 9.59 Å². The van der Waals surface area contributed by atoms with Gasteiger partial charge in [-0.1, -0.05) is 49.9 Å². The molecule has 2 saturated heterocycles. The van der Waals surface area contributed by atoms with Crippen LogP contribution in [0.1, 0.15) is 48.3 Å². The molecule has 4 heterocycles. The Morgan fingerprint density at radius 3 is 2.56 bits per heavy atom. The predicted molar refractivity (Wildman–Crippen MR) is 133 cm³/mol. The Labute approximate surface area is 210 Å². The Morgan fingerprint density at radius 2 is 1.86 bits per heavy atom. The maximum atomic E-state index is 14.0. The zero-order valence-corrected chi connectivity index (χ0v) is 21.0. The van der Waals surface area contributed by atoms with Crippen molar-refractivity contribution in [3.63, 3.8) is 0 Å². The highest BCUT2D eigenvalue weighted by molar-refractivity contribution is 6.46. The Morgan fingerprint density at radius 1 is 1.14 bits per heavy atom. The summed E-state index contributed by atoms with van der Waals surface area (Å²) >= 11 is 0. The molecule has 8 heteroatoms. The van der Waals surface area contributed by atoms with E-state index in [4.69, 9.17) is 4.74 Å². The fraction of sp³-hybridized carbons (Fsp3) is 0.393. The number of quaternary nitrogens is 1. The minimum atomic E-state index is -0.729. The molecule has 8 nitrogen and oxygen atoms in total. The Bertz CT molecular complexity index is 1320. The molecular weight excluding hydrogens is 456 g/mol. The number of benzene rings is 1. The third-order valence-corrected chi connectivity index (χ3v) is 7.27. The molecule has 2 aliphatic heterocycles. The second-order valence-corrected chi connectivity index (χ2v) is 9.88. The van der Waals surface area contributed by atoms with Gasteiger partial charge in [-0.2, -0.15) is 0 Å². The summed E-state index contributed by atoms with van der Waals surface area (Å²) in [7, 11) is 0. The molecule has 0 spiro atoms. The Hall–Kier alpha value is -3.49. The number of rotatable bonds is 6. The van der Waals surface area contributed by atoms with Crippen LogP contribution < -0.4 is 10.0 Å². The molecule has 3 aromatic rings. The number of Topliss-reactive ketones (excluding diaryl/α,β-unsaturated/α-hetero) is 1. The average Bonchev–Trinajstić information content (AvgIpc) is 3.35. The van der Waals surface area contributed by atoms with Gasteiger partial charge >= 0.3 is 0 Å². The maximum absolute atomic E-state index is 14.0. The minimum Gasteiger partial charge on any atom is -0.871 e. The molecule has 1 amide bonds. The van der Waals surface area contributed by atoms with Gasteiger partial charge in [0.2, 0.25) is 5.78 Å². The zero-order chi connectivity index (χ0) is 25.4. The van der Waals surface area contributed by atoms with Gasteiger partial charge in [-0.25, -0.2) is 4.98 Å². The topological polar surface area (TPSA) is 91.4 Å². The van der Waals surface area contributed by atoms with Crippen molar-refractivity contribution in [2.45, 2.75) is 32.7 Å². The summed E-state index contributed by atoms with van der Waals surface area (Å²) in [6.45, 7) is 10.2. The van der Waals surface area contributed by atoms with Gasteiger partial charge in [-0.05, 0) is 36.1 Å². The van der Waals surface area contributed by atoms with Crippen molar-refractivity contribution in [1.29, 1.82) is 0 Å². The first-order valence-electron chi connectivity index (χ1n) is 12.6. The van der Waals surface area contributed by atoms with E-state index in [9.17, 15) is 14.7 Å². The lowest BCUT2D eigenvalue weighted by molar-refractivity contribution is -0.907. The lowest BCUT2D eigenvalue weighted by Gasteiger charge is -2.30. The largest absolute Gasteiger partial charge is 0.871 e. The number of carbonyl (C=O) groups is 2. The standard InChI is InChI=1S/C28H32N4O4/c1-18(2)20-7-9-21(10-8-20)25-23(26(33)24-19(3)29-22-6-4-5-11-31(22)24)27(34)28(35)32(25)13-12-30-14-16-36-17-15-30/h4-11,18,25,33H,12-17H2,1-3H3/b26-23+. The fourth-order valence-corrected chi connectivity index (χ4v) is 5.21. The number of aryl methyl sites for hydroxylation is 1. The summed E-state index contributed by atoms with van der Waals surface area (Å²) in [6.07, 6.45) is 1.76. The summed E-state index contributed by atoms with van der Waals surface area (Å²) in [5.74, 6) is -1.43. The molecule has 36 heavy (non-hydrogen) atoms. The van der Waals surface area contributed by atoms with E-state index in [0.29, 0.717) is 49.3 Å². The van der Waals surface area contributed by atoms with Crippen LogP contribution in [0.15, 0.2) is 54.2 Å². The van der Waals surface area contributed by atoms with E-state index < -0.39 is 23.5 Å². The molecule has 2 aliphatic rings. The van der Waals surface area contributed by atoms with Crippen molar-refractivity contribution < 1.29 is 24.3 Å². The molecule has 2 aromatic heterocycles. The van der Waals surface area contributed by atoms with Gasteiger partial charge in [-0.15, -0.1) is 0 Å². The Kier molecular flexibility index (Phi) is 6.64. The van der Waals surface area contributed by atoms with E-state index in [1.54, 1.807) is 22.4 Å². The van der Waals surface area contributed by atoms with Crippen LogP contribution in [0.3, 0.4) is 0 Å². The average molecular weight is 489 g/mol. The third-order valence-electron chi connectivity index (χ3n) is 7.27. The highest BCUT2D eigenvalue weighted by Crippen LogP contribution is 2.39. The first-order valence-corrected chi connectivity index (χ1v) is 12.6. The maximum Gasteiger partial charge on any atom is 0.295 e. The van der Waals surface area contributed by atoms with Crippen LogP contribution >= 0.6 is 0 Å². The molecular formula is C28H32N4O4. The number of aromatic nitrogens is 2. The van der Waals surface area contributed by atoms with Gasteiger partial charge in [0.05, 0.1) is 43.7 Å². The number of nitrogens with zero attached hydrogens (tertiary/aromatic N) is 3. The number of hydrogen-bond donors (Lipinski definition) is 1. The Balaban J connectivity index is 1.60. The molecule has 1 aromatic carbocycles. The SMILES string of the molecule is Cc1nc2ccccn2c1/C([O-])=C1\C(=O)C(=O)N(CC[NH+]2CCOCC2)C1c1ccc(C(C)C)cc1. The molecule has 5 rings (SSSR count). The van der Waals surface area contributed by atoms with Gasteiger partial charge in [0.1, 0.15) is 18.7 Å². The summed E-state index contributed by atoms with van der Waals surface area (Å²) in [6, 6.07) is 12.7. The number of fused-ring (bicyclic) bond motifs is 1. The van der Waals surface area contributed by atoms with E-state index in [-0.39, 0.29) is 5.57 Å². The van der Waals surface area contributed by atoms with Crippen LogP contribution in [-0.4, -0.2) is 65.4 Å². The number of nitrogens with one attached hydrogen (secondary N) is 1. The molecule has 0 bridgehead atoms. The van der Waals surface area contributed by atoms with Crippen LogP contribution in [0, 0.1) is 6.92 Å². The molecule has 1 N–H and O–H groups in total. The van der Waals surface area contributed by atoms with Crippen LogP contribution in [0.5, 0.6) is 0 Å². The van der Waals surface area contributed by atoms with E-state index >= 15 is 0 Å². The number of ether oxygens (including phenoxy) is 1. The van der Waals surface area contributed by atoms with Crippen LogP contribution in [-0.2, 0) is 14.3 Å². The van der Waals surface area contributed by atoms with Crippen molar-refractivity contribution >= 4 is 23.1 Å². The first-order chi connectivity index (χ1) is 17.4. The van der Waals surface area contributed by atoms with Crippen molar-refractivity contribution in [2.24, 2.45) is 0 Å². The van der Waals surface area contributed by atoms with E-state index in [2.05, 4.69) is 18.8 Å². The summed E-state index contributed by atoms with van der Waals surface area (Å²) in [4.78, 5) is 34.1. The van der Waals surface area contributed by atoms with Crippen molar-refractivity contribution in [3.05, 3.63) is 76.7 Å². The number of amides is 1. The number of carbonyl (C=O) groups excluding carboxylic acids is 2. The predicted octanol–water partition coefficient (Wildman–Crippen LogP) is 0.905. The van der Waals surface area contributed by atoms with Crippen LogP contribution in [0.2, 0.25) is 0 Å². The molecule has 1 atom stereocenters. The van der Waals surface area contributed by atoms with Gasteiger partial charge in [0, 0.05) is 11.8 Å².